The van der Waals surface area contributed by atoms with Crippen LogP contribution < -0.4 is 10.2 Å². The zero-order valence-electron chi connectivity index (χ0n) is 15.9. The Kier molecular flexibility index (Phi) is 4.82. The molecule has 1 aromatic heterocycles. The summed E-state index contributed by atoms with van der Waals surface area (Å²) in [6.07, 6.45) is 1.70. The summed E-state index contributed by atoms with van der Waals surface area (Å²) in [6, 6.07) is 19.4. The lowest BCUT2D eigenvalue weighted by molar-refractivity contribution is 0.0986. The molecular formula is C23H22ClN3O. The highest BCUT2D eigenvalue weighted by atomic mass is 35.5. The van der Waals surface area contributed by atoms with Crippen molar-refractivity contribution in [3.8, 4) is 0 Å². The van der Waals surface area contributed by atoms with E-state index in [2.05, 4.69) is 24.1 Å². The number of hydrogen-bond donors (Lipinski definition) is 1. The highest BCUT2D eigenvalue weighted by Gasteiger charge is 2.38. The van der Waals surface area contributed by atoms with E-state index in [1.165, 1.54) is 0 Å². The highest BCUT2D eigenvalue weighted by Crippen LogP contribution is 2.42. The van der Waals surface area contributed by atoms with Gasteiger partial charge in [0.1, 0.15) is 5.82 Å². The standard InChI is InChI=1S/C23H22ClN3O/c1-23(2)15-27(20-11-10-17(24)13-19(20)23)22(28)18-9-6-12-25-21(18)26-14-16-7-4-3-5-8-16/h3-13H,14-15H2,1-2H3,(H,25,26). The predicted molar refractivity (Wildman–Crippen MR) is 114 cm³/mol. The Labute approximate surface area is 170 Å². The van der Waals surface area contributed by atoms with Gasteiger partial charge in [-0.15, -0.1) is 0 Å². The molecule has 2 heterocycles. The molecule has 0 saturated carbocycles. The maximum absolute atomic E-state index is 13.4. The molecule has 5 heteroatoms. The van der Waals surface area contributed by atoms with Gasteiger partial charge >= 0.3 is 0 Å². The van der Waals surface area contributed by atoms with Gasteiger partial charge in [-0.05, 0) is 41.5 Å². The van der Waals surface area contributed by atoms with E-state index in [0.29, 0.717) is 29.5 Å². The van der Waals surface area contributed by atoms with E-state index in [9.17, 15) is 4.79 Å². The number of anilines is 2. The van der Waals surface area contributed by atoms with Crippen molar-refractivity contribution >= 4 is 29.0 Å². The van der Waals surface area contributed by atoms with E-state index in [1.54, 1.807) is 12.3 Å². The molecule has 142 valence electrons. The zero-order valence-corrected chi connectivity index (χ0v) is 16.7. The second-order valence-electron chi connectivity index (χ2n) is 7.68. The van der Waals surface area contributed by atoms with E-state index in [1.807, 2.05) is 59.5 Å². The van der Waals surface area contributed by atoms with E-state index in [4.69, 9.17) is 11.6 Å². The number of carbonyl (C=O) groups is 1. The largest absolute Gasteiger partial charge is 0.365 e. The predicted octanol–water partition coefficient (Wildman–Crippen LogP) is 5.29. The molecule has 4 nitrogen and oxygen atoms in total. The summed E-state index contributed by atoms with van der Waals surface area (Å²) in [5, 5.41) is 4.00. The Morgan fingerprint density at radius 2 is 1.93 bits per heavy atom. The Morgan fingerprint density at radius 3 is 2.71 bits per heavy atom. The maximum atomic E-state index is 13.4. The Morgan fingerprint density at radius 1 is 1.14 bits per heavy atom. The molecule has 0 radical (unpaired) electrons. The quantitative estimate of drug-likeness (QED) is 0.657. The van der Waals surface area contributed by atoms with Crippen molar-refractivity contribution in [1.82, 2.24) is 4.98 Å². The van der Waals surface area contributed by atoms with Crippen molar-refractivity contribution in [3.05, 3.63) is 88.6 Å². The molecule has 1 aliphatic rings. The molecule has 0 spiro atoms. The van der Waals surface area contributed by atoms with Crippen molar-refractivity contribution in [2.24, 2.45) is 0 Å². The van der Waals surface area contributed by atoms with Crippen LogP contribution in [0.4, 0.5) is 11.5 Å². The minimum absolute atomic E-state index is 0.0576. The van der Waals surface area contributed by atoms with Gasteiger partial charge in [0, 0.05) is 35.4 Å². The number of rotatable bonds is 4. The fourth-order valence-electron chi connectivity index (χ4n) is 3.68. The first kappa shape index (κ1) is 18.5. The molecule has 1 N–H and O–H groups in total. The Balaban J connectivity index is 1.63. The highest BCUT2D eigenvalue weighted by molar-refractivity contribution is 6.30. The van der Waals surface area contributed by atoms with E-state index in [0.717, 1.165) is 16.8 Å². The first-order valence-corrected chi connectivity index (χ1v) is 9.68. The number of fused-ring (bicyclic) bond motifs is 1. The third kappa shape index (κ3) is 3.48. The number of pyridine rings is 1. The zero-order chi connectivity index (χ0) is 19.7. The Hall–Kier alpha value is -2.85. The second-order valence-corrected chi connectivity index (χ2v) is 8.11. The molecule has 0 bridgehead atoms. The van der Waals surface area contributed by atoms with Crippen LogP contribution in [0.25, 0.3) is 0 Å². The third-order valence-electron chi connectivity index (χ3n) is 5.12. The summed E-state index contributed by atoms with van der Waals surface area (Å²) in [5.41, 5.74) is 3.55. The van der Waals surface area contributed by atoms with Crippen molar-refractivity contribution in [2.45, 2.75) is 25.8 Å². The van der Waals surface area contributed by atoms with Gasteiger partial charge in [-0.3, -0.25) is 4.79 Å². The van der Waals surface area contributed by atoms with Gasteiger partial charge in [0.15, 0.2) is 0 Å². The summed E-state index contributed by atoms with van der Waals surface area (Å²) in [5.74, 6) is 0.536. The molecule has 0 atom stereocenters. The van der Waals surface area contributed by atoms with Crippen LogP contribution in [0.3, 0.4) is 0 Å². The van der Waals surface area contributed by atoms with Crippen LogP contribution >= 0.6 is 11.6 Å². The summed E-state index contributed by atoms with van der Waals surface area (Å²) in [6.45, 7) is 5.48. The number of nitrogens with zero attached hydrogens (tertiary/aromatic N) is 2. The van der Waals surface area contributed by atoms with Gasteiger partial charge in [-0.1, -0.05) is 55.8 Å². The van der Waals surface area contributed by atoms with Crippen LogP contribution in [0.1, 0.15) is 35.3 Å². The van der Waals surface area contributed by atoms with Gasteiger partial charge in [0.05, 0.1) is 5.56 Å². The van der Waals surface area contributed by atoms with Gasteiger partial charge < -0.3 is 10.2 Å². The number of benzene rings is 2. The first-order chi connectivity index (χ1) is 13.5. The molecule has 0 aliphatic carbocycles. The molecule has 1 aliphatic heterocycles. The van der Waals surface area contributed by atoms with E-state index < -0.39 is 0 Å². The minimum atomic E-state index is -0.157. The fraction of sp³-hybridized carbons (Fsp3) is 0.217. The average molecular weight is 392 g/mol. The molecule has 2 aromatic carbocycles. The maximum Gasteiger partial charge on any atom is 0.262 e. The van der Waals surface area contributed by atoms with Crippen LogP contribution in [0.2, 0.25) is 5.02 Å². The number of carbonyl (C=O) groups excluding carboxylic acids is 1. The summed E-state index contributed by atoms with van der Waals surface area (Å²) in [7, 11) is 0. The van der Waals surface area contributed by atoms with E-state index in [-0.39, 0.29) is 11.3 Å². The number of aromatic nitrogens is 1. The molecule has 4 rings (SSSR count). The molecule has 0 saturated heterocycles. The number of nitrogens with one attached hydrogen (secondary N) is 1. The molecular weight excluding hydrogens is 370 g/mol. The van der Waals surface area contributed by atoms with Gasteiger partial charge in [-0.2, -0.15) is 0 Å². The molecule has 3 aromatic rings. The summed E-state index contributed by atoms with van der Waals surface area (Å²) in [4.78, 5) is 19.7. The Bertz CT molecular complexity index is 1020. The van der Waals surface area contributed by atoms with Gasteiger partial charge in [0.2, 0.25) is 0 Å². The number of hydrogen-bond acceptors (Lipinski definition) is 3. The van der Waals surface area contributed by atoms with Crippen LogP contribution in [-0.4, -0.2) is 17.4 Å². The molecule has 0 unspecified atom stereocenters. The SMILES string of the molecule is CC1(C)CN(C(=O)c2cccnc2NCc2ccccc2)c2ccc(Cl)cc21. The van der Waals surface area contributed by atoms with Crippen molar-refractivity contribution < 1.29 is 4.79 Å². The van der Waals surface area contributed by atoms with Crippen LogP contribution in [0, 0.1) is 0 Å². The fourth-order valence-corrected chi connectivity index (χ4v) is 3.85. The lowest BCUT2D eigenvalue weighted by atomic mass is 9.87. The topological polar surface area (TPSA) is 45.2 Å². The molecule has 28 heavy (non-hydrogen) atoms. The molecule has 0 fully saturated rings. The average Bonchev–Trinajstić information content (AvgIpc) is 2.97. The van der Waals surface area contributed by atoms with Crippen LogP contribution in [0.5, 0.6) is 0 Å². The summed E-state index contributed by atoms with van der Waals surface area (Å²) >= 11 is 6.20. The lowest BCUT2D eigenvalue weighted by Crippen LogP contribution is -2.34. The van der Waals surface area contributed by atoms with Crippen LogP contribution in [0.15, 0.2) is 66.9 Å². The summed E-state index contributed by atoms with van der Waals surface area (Å²) < 4.78 is 0. The smallest absolute Gasteiger partial charge is 0.262 e. The molecule has 1 amide bonds. The van der Waals surface area contributed by atoms with Gasteiger partial charge in [0.25, 0.3) is 5.91 Å². The van der Waals surface area contributed by atoms with Gasteiger partial charge in [-0.25, -0.2) is 4.98 Å². The second kappa shape index (κ2) is 7.28. The van der Waals surface area contributed by atoms with Crippen LogP contribution in [-0.2, 0) is 12.0 Å². The monoisotopic (exact) mass is 391 g/mol. The number of halogens is 1. The van der Waals surface area contributed by atoms with Crippen molar-refractivity contribution in [3.63, 3.8) is 0 Å². The first-order valence-electron chi connectivity index (χ1n) is 9.30. The third-order valence-corrected chi connectivity index (χ3v) is 5.35. The lowest BCUT2D eigenvalue weighted by Gasteiger charge is -2.22. The van der Waals surface area contributed by atoms with E-state index >= 15 is 0 Å². The number of amides is 1. The van der Waals surface area contributed by atoms with Crippen molar-refractivity contribution in [2.75, 3.05) is 16.8 Å². The normalized spacial score (nSPS) is 14.6. The van der Waals surface area contributed by atoms with Crippen molar-refractivity contribution in [1.29, 1.82) is 0 Å². The minimum Gasteiger partial charge on any atom is -0.365 e.